The molecular weight excluding hydrogens is 568 g/mol. The van der Waals surface area contributed by atoms with Gasteiger partial charge in [0.05, 0.1) is 15.5 Å². The number of fused-ring (bicyclic) bond motifs is 1. The average Bonchev–Trinajstić information content (AvgIpc) is 2.75. The van der Waals surface area contributed by atoms with Crippen LogP contribution in [0.5, 0.6) is 0 Å². The summed E-state index contributed by atoms with van der Waals surface area (Å²) in [5.41, 5.74) is -1.45. The number of nitro groups is 1. The molecule has 0 aliphatic heterocycles. The molecule has 0 saturated heterocycles. The Morgan fingerprint density at radius 3 is 1.89 bits per heavy atom. The van der Waals surface area contributed by atoms with Crippen LogP contribution >= 0.6 is 0 Å². The van der Waals surface area contributed by atoms with Gasteiger partial charge in [-0.25, -0.2) is 0 Å². The first-order valence-corrected chi connectivity index (χ1v) is 14.6. The topological polar surface area (TPSA) is 235 Å². The van der Waals surface area contributed by atoms with Crippen LogP contribution in [0.25, 0.3) is 10.8 Å². The summed E-state index contributed by atoms with van der Waals surface area (Å²) < 4.78 is 100. The van der Waals surface area contributed by atoms with Crippen molar-refractivity contribution in [2.24, 2.45) is 0 Å². The summed E-state index contributed by atoms with van der Waals surface area (Å²) in [4.78, 5) is 20.6. The van der Waals surface area contributed by atoms with Crippen LogP contribution in [0.1, 0.15) is 36.7 Å². The van der Waals surface area contributed by atoms with E-state index >= 15 is 0 Å². The molecule has 0 heterocycles. The zero-order valence-corrected chi connectivity index (χ0v) is 22.2. The number of amides is 1. The highest BCUT2D eigenvalue weighted by molar-refractivity contribution is 7.87. The van der Waals surface area contributed by atoms with Crippen molar-refractivity contribution in [1.82, 2.24) is 0 Å². The van der Waals surface area contributed by atoms with E-state index in [0.29, 0.717) is 23.8 Å². The van der Waals surface area contributed by atoms with Gasteiger partial charge >= 0.3 is 0 Å². The summed E-state index contributed by atoms with van der Waals surface area (Å²) in [7, 11) is -15.6. The van der Waals surface area contributed by atoms with Gasteiger partial charge in [-0.3, -0.25) is 28.6 Å². The highest BCUT2D eigenvalue weighted by Crippen LogP contribution is 2.37. The molecule has 4 N–H and O–H groups in total. The second-order valence-corrected chi connectivity index (χ2v) is 13.3. The van der Waals surface area contributed by atoms with Crippen LogP contribution in [-0.4, -0.2) is 49.7 Å². The van der Waals surface area contributed by atoms with Crippen molar-refractivity contribution in [1.29, 1.82) is 0 Å². The van der Waals surface area contributed by atoms with Gasteiger partial charge in [-0.05, 0) is 35.7 Å². The standard InChI is InChI=1S/C21H20N2O12S3/c1-21(2,3)14-5-4-11(8-16(14)23(25)26)20(24)22-15-6-7-17(37(30,31)32)13-9-12(36(27,28)29)10-18(19(13)15)38(33,34)35/h4-10H,1-3H3,(H,22,24)(H,27,28,29)(H,30,31,32)(H,33,34,35). The van der Waals surface area contributed by atoms with E-state index in [2.05, 4.69) is 5.32 Å². The summed E-state index contributed by atoms with van der Waals surface area (Å²) in [6.45, 7) is 5.15. The molecule has 0 aliphatic rings. The molecule has 0 spiro atoms. The maximum Gasteiger partial charge on any atom is 0.295 e. The van der Waals surface area contributed by atoms with Crippen LogP contribution in [0.3, 0.4) is 0 Å². The molecule has 0 radical (unpaired) electrons. The van der Waals surface area contributed by atoms with Gasteiger partial charge in [0.15, 0.2) is 0 Å². The Balaban J connectivity index is 2.33. The molecule has 38 heavy (non-hydrogen) atoms. The van der Waals surface area contributed by atoms with E-state index in [-0.39, 0.29) is 11.3 Å². The molecule has 0 aliphatic carbocycles. The lowest BCUT2D eigenvalue weighted by atomic mass is 9.85. The molecular formula is C21H20N2O12S3. The highest BCUT2D eigenvalue weighted by Gasteiger charge is 2.29. The third-order valence-corrected chi connectivity index (χ3v) is 8.00. The molecule has 0 unspecified atom stereocenters. The van der Waals surface area contributed by atoms with Gasteiger partial charge < -0.3 is 5.32 Å². The number of benzene rings is 3. The molecule has 0 atom stereocenters. The smallest absolute Gasteiger partial charge is 0.295 e. The van der Waals surface area contributed by atoms with E-state index in [9.17, 15) is 53.8 Å². The van der Waals surface area contributed by atoms with Crippen molar-refractivity contribution in [3.05, 3.63) is 63.7 Å². The largest absolute Gasteiger partial charge is 0.321 e. The van der Waals surface area contributed by atoms with Crippen LogP contribution in [-0.2, 0) is 35.8 Å². The Kier molecular flexibility index (Phi) is 7.17. The zero-order chi connectivity index (χ0) is 29.0. The fraction of sp³-hybridized carbons (Fsp3) is 0.190. The van der Waals surface area contributed by atoms with Crippen molar-refractivity contribution >= 4 is 58.4 Å². The first-order chi connectivity index (χ1) is 17.1. The molecule has 17 heteroatoms. The molecule has 0 fully saturated rings. The van der Waals surface area contributed by atoms with E-state index < -0.39 is 77.7 Å². The van der Waals surface area contributed by atoms with Gasteiger partial charge in [0.25, 0.3) is 41.9 Å². The summed E-state index contributed by atoms with van der Waals surface area (Å²) in [6.07, 6.45) is 0. The second kappa shape index (κ2) is 9.37. The number of nitro benzene ring substituents is 1. The Morgan fingerprint density at radius 2 is 1.42 bits per heavy atom. The molecule has 0 saturated carbocycles. The van der Waals surface area contributed by atoms with Crippen molar-refractivity contribution < 1.29 is 48.6 Å². The first kappa shape index (κ1) is 29.1. The number of carbonyl (C=O) groups excluding carboxylic acids is 1. The summed E-state index contributed by atoms with van der Waals surface area (Å²) >= 11 is 0. The predicted octanol–water partition coefficient (Wildman–Crippen LogP) is 3.04. The summed E-state index contributed by atoms with van der Waals surface area (Å²) in [5.74, 6) is -1.02. The SMILES string of the molecule is CC(C)(C)c1ccc(C(=O)Nc2ccc(S(=O)(=O)O)c3cc(S(=O)(=O)O)cc(S(=O)(=O)O)c23)cc1[N+](=O)[O-]. The molecule has 14 nitrogen and oxygen atoms in total. The minimum atomic E-state index is -5.33. The number of hydrogen-bond donors (Lipinski definition) is 4. The Labute approximate surface area is 216 Å². The molecule has 1 amide bonds. The number of anilines is 1. The van der Waals surface area contributed by atoms with Gasteiger partial charge in [-0.2, -0.15) is 25.3 Å². The predicted molar refractivity (Wildman–Crippen MR) is 133 cm³/mol. The number of nitrogens with zero attached hydrogens (tertiary/aromatic N) is 1. The Hall–Kier alpha value is -3.48. The maximum atomic E-state index is 13.0. The van der Waals surface area contributed by atoms with Crippen LogP contribution in [0.2, 0.25) is 0 Å². The van der Waals surface area contributed by atoms with Crippen LogP contribution in [0.15, 0.2) is 57.2 Å². The van der Waals surface area contributed by atoms with Crippen molar-refractivity contribution in [3.8, 4) is 0 Å². The lowest BCUT2D eigenvalue weighted by Gasteiger charge is -2.19. The van der Waals surface area contributed by atoms with E-state index in [1.54, 1.807) is 20.8 Å². The van der Waals surface area contributed by atoms with Gasteiger partial charge in [0.1, 0.15) is 9.79 Å². The average molecular weight is 589 g/mol. The second-order valence-electron chi connectivity index (χ2n) is 9.07. The third-order valence-electron chi connectivity index (χ3n) is 5.38. The van der Waals surface area contributed by atoms with Gasteiger partial charge in [0, 0.05) is 28.0 Å². The van der Waals surface area contributed by atoms with Gasteiger partial charge in [-0.1, -0.05) is 26.8 Å². The number of nitrogens with one attached hydrogen (secondary N) is 1. The highest BCUT2D eigenvalue weighted by atomic mass is 32.2. The quantitative estimate of drug-likeness (QED) is 0.185. The van der Waals surface area contributed by atoms with E-state index in [4.69, 9.17) is 0 Å². The van der Waals surface area contributed by atoms with Crippen molar-refractivity contribution in [2.45, 2.75) is 40.9 Å². The molecule has 204 valence electrons. The lowest BCUT2D eigenvalue weighted by molar-refractivity contribution is -0.386. The van der Waals surface area contributed by atoms with E-state index in [1.165, 1.54) is 12.1 Å². The van der Waals surface area contributed by atoms with Crippen molar-refractivity contribution in [3.63, 3.8) is 0 Å². The number of hydrogen-bond acceptors (Lipinski definition) is 9. The monoisotopic (exact) mass is 588 g/mol. The van der Waals surface area contributed by atoms with Gasteiger partial charge in [-0.15, -0.1) is 0 Å². The molecule has 0 aromatic heterocycles. The van der Waals surface area contributed by atoms with Crippen LogP contribution in [0, 0.1) is 10.1 Å². The molecule has 3 aromatic rings. The molecule has 3 aromatic carbocycles. The minimum absolute atomic E-state index is 0.250. The van der Waals surface area contributed by atoms with Crippen LogP contribution in [0.4, 0.5) is 11.4 Å². The summed E-state index contributed by atoms with van der Waals surface area (Å²) in [6, 6.07) is 5.99. The summed E-state index contributed by atoms with van der Waals surface area (Å²) in [5, 5.41) is 12.3. The van der Waals surface area contributed by atoms with E-state index in [1.807, 2.05) is 0 Å². The van der Waals surface area contributed by atoms with Crippen molar-refractivity contribution in [2.75, 3.05) is 5.32 Å². The van der Waals surface area contributed by atoms with Crippen LogP contribution < -0.4 is 5.32 Å². The first-order valence-electron chi connectivity index (χ1n) is 10.3. The molecule has 3 rings (SSSR count). The Morgan fingerprint density at radius 1 is 0.842 bits per heavy atom. The molecule has 0 bridgehead atoms. The fourth-order valence-corrected chi connectivity index (χ4v) is 5.77. The fourth-order valence-electron chi connectivity index (χ4n) is 3.73. The maximum absolute atomic E-state index is 13.0. The zero-order valence-electron chi connectivity index (χ0n) is 19.7. The lowest BCUT2D eigenvalue weighted by Crippen LogP contribution is -2.17. The van der Waals surface area contributed by atoms with Gasteiger partial charge in [0.2, 0.25) is 0 Å². The number of carbonyl (C=O) groups is 1. The third kappa shape index (κ3) is 5.82. The Bertz CT molecular complexity index is 1840. The normalized spacial score (nSPS) is 12.9. The van der Waals surface area contributed by atoms with E-state index in [0.717, 1.165) is 12.1 Å². The minimum Gasteiger partial charge on any atom is -0.321 e. The number of rotatable bonds is 6.